The van der Waals surface area contributed by atoms with Crippen molar-refractivity contribution in [3.05, 3.63) is 48.6 Å². The molecule has 0 aromatic rings. The maximum atomic E-state index is 12.1. The average molecular weight is 591 g/mol. The second-order valence-electron chi connectivity index (χ2n) is 11.1. The van der Waals surface area contributed by atoms with E-state index in [2.05, 4.69) is 56.4 Å². The van der Waals surface area contributed by atoms with E-state index >= 15 is 0 Å². The van der Waals surface area contributed by atoms with Crippen LogP contribution in [0, 0.1) is 0 Å². The van der Waals surface area contributed by atoms with Crippen LogP contribution in [-0.2, 0) is 19.1 Å². The van der Waals surface area contributed by atoms with Gasteiger partial charge in [-0.25, -0.2) is 0 Å². The fraction of sp³-hybridized carbons (Fsp3) is 0.722. The molecule has 0 heterocycles. The van der Waals surface area contributed by atoms with Gasteiger partial charge in [-0.1, -0.05) is 127 Å². The number of ether oxygens (including phenoxy) is 2. The molecule has 0 aliphatic heterocycles. The summed E-state index contributed by atoms with van der Waals surface area (Å²) in [6.07, 6.45) is 35.2. The smallest absolute Gasteiger partial charge is 0.306 e. The summed E-state index contributed by atoms with van der Waals surface area (Å²) in [5.41, 5.74) is 0. The Labute approximate surface area is 257 Å². The van der Waals surface area contributed by atoms with Crippen molar-refractivity contribution in [1.82, 2.24) is 0 Å². The quantitative estimate of drug-likeness (QED) is 0.0513. The lowest BCUT2D eigenvalue weighted by Crippen LogP contribution is -2.28. The van der Waals surface area contributed by atoms with Gasteiger partial charge >= 0.3 is 11.9 Å². The molecule has 42 heavy (non-hydrogen) atoms. The molecule has 0 aliphatic carbocycles. The normalized spacial score (nSPS) is 13.5. The summed E-state index contributed by atoms with van der Waals surface area (Å²) >= 11 is 0. The maximum Gasteiger partial charge on any atom is 0.306 e. The molecule has 1 unspecified atom stereocenters. The van der Waals surface area contributed by atoms with Crippen LogP contribution in [0.3, 0.4) is 0 Å². The first kappa shape index (κ1) is 39.8. The third kappa shape index (κ3) is 29.3. The minimum Gasteiger partial charge on any atom is -0.462 e. The number of allylic oxidation sites excluding steroid dienone is 7. The van der Waals surface area contributed by atoms with Gasteiger partial charge in [-0.15, -0.1) is 0 Å². The van der Waals surface area contributed by atoms with Gasteiger partial charge in [0, 0.05) is 12.8 Å². The Bertz CT molecular complexity index is 739. The summed E-state index contributed by atoms with van der Waals surface area (Å²) in [7, 11) is 0. The number of aliphatic hydroxyl groups excluding tert-OH is 2. The van der Waals surface area contributed by atoms with Crippen molar-refractivity contribution in [3.8, 4) is 0 Å². The molecular weight excluding hydrogens is 528 g/mol. The molecule has 242 valence electrons. The second-order valence-corrected chi connectivity index (χ2v) is 11.1. The van der Waals surface area contributed by atoms with Gasteiger partial charge in [0.25, 0.3) is 0 Å². The molecule has 0 radical (unpaired) electrons. The molecule has 0 rings (SSSR count). The van der Waals surface area contributed by atoms with Crippen molar-refractivity contribution in [3.63, 3.8) is 0 Å². The van der Waals surface area contributed by atoms with Gasteiger partial charge < -0.3 is 19.7 Å². The molecule has 0 saturated heterocycles. The Balaban J connectivity index is 3.75. The molecule has 0 amide bonds. The lowest BCUT2D eigenvalue weighted by molar-refractivity contribution is -0.161. The van der Waals surface area contributed by atoms with Crippen LogP contribution >= 0.6 is 0 Å². The van der Waals surface area contributed by atoms with Crippen molar-refractivity contribution >= 4 is 11.9 Å². The molecule has 0 bridgehead atoms. The van der Waals surface area contributed by atoms with Crippen molar-refractivity contribution < 1.29 is 29.3 Å². The van der Waals surface area contributed by atoms with E-state index in [-0.39, 0.29) is 37.7 Å². The molecule has 0 spiro atoms. The van der Waals surface area contributed by atoms with Gasteiger partial charge in [0.15, 0.2) is 6.10 Å². The fourth-order valence-electron chi connectivity index (χ4n) is 4.38. The molecule has 0 aromatic carbocycles. The van der Waals surface area contributed by atoms with Crippen LogP contribution in [0.4, 0.5) is 0 Å². The summed E-state index contributed by atoms with van der Waals surface area (Å²) in [5.74, 6) is -0.682. The van der Waals surface area contributed by atoms with Gasteiger partial charge in [-0.2, -0.15) is 0 Å². The lowest BCUT2D eigenvalue weighted by atomic mass is 10.1. The standard InChI is InChI=1S/C36H62O6/c1-3-5-6-7-8-9-16-19-22-25-29-35(39)41-32-34(31-37)42-36(40)30-26-23-20-17-14-12-10-11-13-15-18-21-24-28-33(38)27-4-2/h10,12-13,15,17,20-21,24,33-34,37-38H,3-9,11,14,16,18-19,22-23,25-32H2,1-2H3/b12-10-,15-13-,20-17-,24-21-/t33?,34-/m0/s1. The van der Waals surface area contributed by atoms with E-state index in [1.165, 1.54) is 44.9 Å². The minimum atomic E-state index is -0.807. The second kappa shape index (κ2) is 31.7. The van der Waals surface area contributed by atoms with Gasteiger partial charge in [-0.05, 0) is 51.4 Å². The summed E-state index contributed by atoms with van der Waals surface area (Å²) in [6.45, 7) is 3.85. The predicted octanol–water partition coefficient (Wildman–Crippen LogP) is 8.86. The average Bonchev–Trinajstić information content (AvgIpc) is 2.98. The number of rotatable bonds is 29. The first-order valence-electron chi connectivity index (χ1n) is 16.8. The number of aliphatic hydroxyl groups is 2. The van der Waals surface area contributed by atoms with Crippen LogP contribution < -0.4 is 0 Å². The number of hydrogen-bond donors (Lipinski definition) is 2. The third-order valence-electron chi connectivity index (χ3n) is 6.93. The maximum absolute atomic E-state index is 12.1. The van der Waals surface area contributed by atoms with Crippen LogP contribution in [0.15, 0.2) is 48.6 Å². The topological polar surface area (TPSA) is 93.1 Å². The zero-order valence-corrected chi connectivity index (χ0v) is 26.9. The number of carbonyl (C=O) groups is 2. The van der Waals surface area contributed by atoms with Gasteiger partial charge in [0.05, 0.1) is 12.7 Å². The highest BCUT2D eigenvalue weighted by atomic mass is 16.6. The molecule has 0 saturated carbocycles. The minimum absolute atomic E-state index is 0.0971. The van der Waals surface area contributed by atoms with Crippen molar-refractivity contribution in [2.75, 3.05) is 13.2 Å². The highest BCUT2D eigenvalue weighted by molar-refractivity contribution is 5.70. The molecule has 2 N–H and O–H groups in total. The van der Waals surface area contributed by atoms with Crippen LogP contribution in [0.2, 0.25) is 0 Å². The summed E-state index contributed by atoms with van der Waals surface area (Å²) in [5, 5.41) is 19.1. The lowest BCUT2D eigenvalue weighted by Gasteiger charge is -2.15. The number of unbranched alkanes of at least 4 members (excludes halogenated alkanes) is 10. The molecule has 6 heteroatoms. The first-order valence-corrected chi connectivity index (χ1v) is 16.8. The first-order chi connectivity index (χ1) is 20.5. The number of esters is 2. The summed E-state index contributed by atoms with van der Waals surface area (Å²) in [4.78, 5) is 24.0. The van der Waals surface area contributed by atoms with Crippen molar-refractivity contribution in [1.29, 1.82) is 0 Å². The molecule has 0 aliphatic rings. The SMILES string of the molecule is CCCCCCCCCCCCC(=O)OC[C@H](CO)OC(=O)CCC/C=C\C/C=C\C/C=C\C/C=C\CC(O)CCC. The van der Waals surface area contributed by atoms with Crippen molar-refractivity contribution in [2.45, 2.75) is 154 Å². The largest absolute Gasteiger partial charge is 0.462 e. The molecule has 2 atom stereocenters. The van der Waals surface area contributed by atoms with Gasteiger partial charge in [-0.3, -0.25) is 9.59 Å². The predicted molar refractivity (Wildman–Crippen MR) is 174 cm³/mol. The highest BCUT2D eigenvalue weighted by Gasteiger charge is 2.15. The van der Waals surface area contributed by atoms with E-state index in [1.807, 2.05) is 6.08 Å². The van der Waals surface area contributed by atoms with Crippen LogP contribution in [0.5, 0.6) is 0 Å². The highest BCUT2D eigenvalue weighted by Crippen LogP contribution is 2.12. The van der Waals surface area contributed by atoms with Gasteiger partial charge in [0.2, 0.25) is 0 Å². The van der Waals surface area contributed by atoms with E-state index in [0.717, 1.165) is 64.2 Å². The number of carbonyl (C=O) groups excluding carboxylic acids is 2. The molecular formula is C36H62O6. The Hall–Kier alpha value is -2.18. The van der Waals surface area contributed by atoms with E-state index in [0.29, 0.717) is 12.8 Å². The van der Waals surface area contributed by atoms with E-state index in [9.17, 15) is 19.8 Å². The Kier molecular flexibility index (Phi) is 30.1. The Morgan fingerprint density at radius 1 is 0.643 bits per heavy atom. The van der Waals surface area contributed by atoms with Crippen molar-refractivity contribution in [2.24, 2.45) is 0 Å². The molecule has 0 fully saturated rings. The monoisotopic (exact) mass is 590 g/mol. The van der Waals surface area contributed by atoms with E-state index in [4.69, 9.17) is 9.47 Å². The Morgan fingerprint density at radius 2 is 1.17 bits per heavy atom. The van der Waals surface area contributed by atoms with Gasteiger partial charge in [0.1, 0.15) is 6.61 Å². The summed E-state index contributed by atoms with van der Waals surface area (Å²) in [6, 6.07) is 0. The van der Waals surface area contributed by atoms with Crippen LogP contribution in [0.25, 0.3) is 0 Å². The third-order valence-corrected chi connectivity index (χ3v) is 6.93. The summed E-state index contributed by atoms with van der Waals surface area (Å²) < 4.78 is 10.5. The molecule has 6 nitrogen and oxygen atoms in total. The number of hydrogen-bond acceptors (Lipinski definition) is 6. The fourth-order valence-corrected chi connectivity index (χ4v) is 4.38. The van der Waals surface area contributed by atoms with E-state index < -0.39 is 6.10 Å². The molecule has 0 aromatic heterocycles. The zero-order chi connectivity index (χ0) is 30.9. The van der Waals surface area contributed by atoms with E-state index in [1.54, 1.807) is 0 Å². The van der Waals surface area contributed by atoms with Crippen LogP contribution in [0.1, 0.15) is 142 Å². The van der Waals surface area contributed by atoms with Crippen LogP contribution in [-0.4, -0.2) is 47.6 Å². The Morgan fingerprint density at radius 3 is 1.74 bits per heavy atom. The zero-order valence-electron chi connectivity index (χ0n) is 26.9.